The molecule has 3 nitrogen and oxygen atoms in total. The third-order valence-corrected chi connectivity index (χ3v) is 3.13. The fraction of sp³-hybridized carbons (Fsp3) is 0.625. The molecule has 0 aliphatic carbocycles. The van der Waals surface area contributed by atoms with E-state index in [9.17, 15) is 0 Å². The molecule has 0 bridgehead atoms. The summed E-state index contributed by atoms with van der Waals surface area (Å²) >= 11 is 0. The van der Waals surface area contributed by atoms with Crippen molar-refractivity contribution >= 4 is 0 Å². The molecule has 0 unspecified atom stereocenters. The molecule has 0 fully saturated rings. The molecule has 0 aromatic heterocycles. The van der Waals surface area contributed by atoms with Gasteiger partial charge >= 0.3 is 0 Å². The Morgan fingerprint density at radius 1 is 0.895 bits per heavy atom. The first-order chi connectivity index (χ1) is 9.33. The van der Waals surface area contributed by atoms with E-state index in [0.29, 0.717) is 0 Å². The van der Waals surface area contributed by atoms with Crippen LogP contribution < -0.4 is 10.6 Å². The van der Waals surface area contributed by atoms with Gasteiger partial charge in [0.1, 0.15) is 0 Å². The van der Waals surface area contributed by atoms with E-state index in [1.54, 1.807) is 7.11 Å². The lowest BCUT2D eigenvalue weighted by molar-refractivity contribution is 0.199. The number of rotatable bonds is 11. The molecular weight excluding hydrogens is 236 g/mol. The van der Waals surface area contributed by atoms with Gasteiger partial charge in [-0.1, -0.05) is 29.8 Å². The van der Waals surface area contributed by atoms with E-state index in [4.69, 9.17) is 4.74 Å². The van der Waals surface area contributed by atoms with Crippen molar-refractivity contribution in [3.05, 3.63) is 35.4 Å². The molecule has 0 amide bonds. The summed E-state index contributed by atoms with van der Waals surface area (Å²) in [5.41, 5.74) is 2.77. The van der Waals surface area contributed by atoms with Crippen LogP contribution in [-0.2, 0) is 11.2 Å². The van der Waals surface area contributed by atoms with Gasteiger partial charge in [0, 0.05) is 13.7 Å². The summed E-state index contributed by atoms with van der Waals surface area (Å²) in [4.78, 5) is 0. The third kappa shape index (κ3) is 8.76. The molecule has 1 aromatic carbocycles. The minimum atomic E-state index is 0.796. The van der Waals surface area contributed by atoms with Gasteiger partial charge in [-0.15, -0.1) is 0 Å². The van der Waals surface area contributed by atoms with Crippen molar-refractivity contribution in [1.29, 1.82) is 0 Å². The van der Waals surface area contributed by atoms with E-state index in [1.165, 1.54) is 30.4 Å². The SMILES string of the molecule is COCCNCCCNCCCc1ccc(C)cc1. The Bertz CT molecular complexity index is 311. The number of methoxy groups -OCH3 is 1. The molecule has 19 heavy (non-hydrogen) atoms. The Kier molecular flexibility index (Phi) is 9.33. The van der Waals surface area contributed by atoms with Crippen LogP contribution in [0.25, 0.3) is 0 Å². The van der Waals surface area contributed by atoms with Crippen LogP contribution >= 0.6 is 0 Å². The predicted molar refractivity (Wildman–Crippen MR) is 81.7 cm³/mol. The van der Waals surface area contributed by atoms with E-state index in [0.717, 1.165) is 32.8 Å². The molecule has 0 aliphatic rings. The summed E-state index contributed by atoms with van der Waals surface area (Å²) in [6.07, 6.45) is 3.55. The van der Waals surface area contributed by atoms with E-state index in [2.05, 4.69) is 41.8 Å². The number of ether oxygens (including phenoxy) is 1. The maximum Gasteiger partial charge on any atom is 0.0587 e. The smallest absolute Gasteiger partial charge is 0.0587 e. The average Bonchev–Trinajstić information content (AvgIpc) is 2.43. The second kappa shape index (κ2) is 11.0. The van der Waals surface area contributed by atoms with Crippen LogP contribution in [0.4, 0.5) is 0 Å². The van der Waals surface area contributed by atoms with Crippen LogP contribution in [0.15, 0.2) is 24.3 Å². The van der Waals surface area contributed by atoms with Gasteiger partial charge in [-0.05, 0) is 51.4 Å². The zero-order valence-electron chi connectivity index (χ0n) is 12.4. The first kappa shape index (κ1) is 16.2. The van der Waals surface area contributed by atoms with Gasteiger partial charge < -0.3 is 15.4 Å². The second-order valence-electron chi connectivity index (χ2n) is 4.94. The zero-order chi connectivity index (χ0) is 13.8. The quantitative estimate of drug-likeness (QED) is 0.601. The maximum atomic E-state index is 4.97. The van der Waals surface area contributed by atoms with Gasteiger partial charge in [0.2, 0.25) is 0 Å². The Hall–Kier alpha value is -0.900. The molecule has 0 saturated carbocycles. The Morgan fingerprint density at radius 3 is 2.21 bits per heavy atom. The molecule has 108 valence electrons. The highest BCUT2D eigenvalue weighted by molar-refractivity contribution is 5.21. The van der Waals surface area contributed by atoms with Gasteiger partial charge in [0.15, 0.2) is 0 Å². The Morgan fingerprint density at radius 2 is 1.53 bits per heavy atom. The number of hydrogen-bond donors (Lipinski definition) is 2. The number of nitrogens with one attached hydrogen (secondary N) is 2. The summed E-state index contributed by atoms with van der Waals surface area (Å²) in [7, 11) is 1.73. The summed E-state index contributed by atoms with van der Waals surface area (Å²) in [6, 6.07) is 8.84. The van der Waals surface area contributed by atoms with Crippen molar-refractivity contribution in [2.75, 3.05) is 39.9 Å². The minimum absolute atomic E-state index is 0.796. The lowest BCUT2D eigenvalue weighted by atomic mass is 10.1. The third-order valence-electron chi connectivity index (χ3n) is 3.13. The fourth-order valence-corrected chi connectivity index (χ4v) is 1.93. The first-order valence-electron chi connectivity index (χ1n) is 7.29. The molecular formula is C16H28N2O. The van der Waals surface area contributed by atoms with Crippen molar-refractivity contribution in [1.82, 2.24) is 10.6 Å². The van der Waals surface area contributed by atoms with Crippen LogP contribution in [-0.4, -0.2) is 39.9 Å². The van der Waals surface area contributed by atoms with Crippen LogP contribution in [0.5, 0.6) is 0 Å². The number of aryl methyl sites for hydroxylation is 2. The predicted octanol–water partition coefficient (Wildman–Crippen LogP) is 2.14. The van der Waals surface area contributed by atoms with Gasteiger partial charge in [-0.25, -0.2) is 0 Å². The van der Waals surface area contributed by atoms with Crippen molar-refractivity contribution in [3.63, 3.8) is 0 Å². The Labute approximate surface area is 117 Å². The van der Waals surface area contributed by atoms with Gasteiger partial charge in [0.25, 0.3) is 0 Å². The largest absolute Gasteiger partial charge is 0.383 e. The van der Waals surface area contributed by atoms with Gasteiger partial charge in [0.05, 0.1) is 6.61 Å². The lowest BCUT2D eigenvalue weighted by Crippen LogP contribution is -2.25. The summed E-state index contributed by atoms with van der Waals surface area (Å²) < 4.78 is 4.97. The first-order valence-corrected chi connectivity index (χ1v) is 7.29. The van der Waals surface area contributed by atoms with Crippen LogP contribution in [0, 0.1) is 6.92 Å². The van der Waals surface area contributed by atoms with Gasteiger partial charge in [-0.2, -0.15) is 0 Å². The van der Waals surface area contributed by atoms with Crippen molar-refractivity contribution in [2.24, 2.45) is 0 Å². The van der Waals surface area contributed by atoms with E-state index in [1.807, 2.05) is 0 Å². The van der Waals surface area contributed by atoms with Crippen molar-refractivity contribution < 1.29 is 4.74 Å². The molecule has 3 heteroatoms. The maximum absolute atomic E-state index is 4.97. The molecule has 2 N–H and O–H groups in total. The van der Waals surface area contributed by atoms with E-state index >= 15 is 0 Å². The highest BCUT2D eigenvalue weighted by Crippen LogP contribution is 2.05. The molecule has 0 radical (unpaired) electrons. The molecule has 0 aliphatic heterocycles. The molecule has 0 spiro atoms. The van der Waals surface area contributed by atoms with Crippen molar-refractivity contribution in [2.45, 2.75) is 26.2 Å². The number of benzene rings is 1. The zero-order valence-corrected chi connectivity index (χ0v) is 12.4. The van der Waals surface area contributed by atoms with Gasteiger partial charge in [-0.3, -0.25) is 0 Å². The van der Waals surface area contributed by atoms with Crippen molar-refractivity contribution in [3.8, 4) is 0 Å². The molecule has 0 atom stereocenters. The topological polar surface area (TPSA) is 33.3 Å². The standard InChI is InChI=1S/C16H28N2O/c1-15-6-8-16(9-7-15)5-3-10-17-11-4-12-18-13-14-19-2/h6-9,17-18H,3-5,10-14H2,1-2H3. The van der Waals surface area contributed by atoms with E-state index < -0.39 is 0 Å². The second-order valence-corrected chi connectivity index (χ2v) is 4.94. The molecule has 1 rings (SSSR count). The summed E-state index contributed by atoms with van der Waals surface area (Å²) in [5.74, 6) is 0. The monoisotopic (exact) mass is 264 g/mol. The fourth-order valence-electron chi connectivity index (χ4n) is 1.93. The van der Waals surface area contributed by atoms with Crippen LogP contribution in [0.3, 0.4) is 0 Å². The van der Waals surface area contributed by atoms with E-state index in [-0.39, 0.29) is 0 Å². The Balaban J connectivity index is 1.87. The molecule has 1 aromatic rings. The average molecular weight is 264 g/mol. The van der Waals surface area contributed by atoms with Crippen LogP contribution in [0.2, 0.25) is 0 Å². The summed E-state index contributed by atoms with van der Waals surface area (Å²) in [6.45, 7) is 7.13. The highest BCUT2D eigenvalue weighted by atomic mass is 16.5. The lowest BCUT2D eigenvalue weighted by Gasteiger charge is -2.06. The molecule has 0 saturated heterocycles. The highest BCUT2D eigenvalue weighted by Gasteiger charge is 1.93. The van der Waals surface area contributed by atoms with Crippen LogP contribution in [0.1, 0.15) is 24.0 Å². The summed E-state index contributed by atoms with van der Waals surface area (Å²) in [5, 5.41) is 6.83. The molecule has 0 heterocycles. The minimum Gasteiger partial charge on any atom is -0.383 e. The number of hydrogen-bond acceptors (Lipinski definition) is 3. The normalized spacial score (nSPS) is 10.8.